The first-order valence-corrected chi connectivity index (χ1v) is 6.52. The van der Waals surface area contributed by atoms with E-state index in [1.165, 1.54) is 19.3 Å². The van der Waals surface area contributed by atoms with Crippen molar-refractivity contribution < 1.29 is 13.9 Å². The van der Waals surface area contributed by atoms with E-state index >= 15 is 0 Å². The molecule has 1 aromatic rings. The van der Waals surface area contributed by atoms with Gasteiger partial charge in [0.1, 0.15) is 5.82 Å². The Hall–Kier alpha value is -1.16. The Kier molecular flexibility index (Phi) is 6.65. The van der Waals surface area contributed by atoms with Crippen LogP contribution in [0.25, 0.3) is 0 Å². The lowest BCUT2D eigenvalue weighted by Gasteiger charge is -2.07. The highest BCUT2D eigenvalue weighted by Crippen LogP contribution is 2.22. The molecule has 0 saturated carbocycles. The number of aromatic hydroxyl groups is 1. The van der Waals surface area contributed by atoms with E-state index in [1.807, 2.05) is 0 Å². The molecule has 0 radical (unpaired) electrons. The molecule has 0 unspecified atom stereocenters. The summed E-state index contributed by atoms with van der Waals surface area (Å²) < 4.78 is 26.0. The number of phenolic OH excluding ortho intramolecular Hbond substituents is 1. The second kappa shape index (κ2) is 8.03. The zero-order chi connectivity index (χ0) is 13.4. The van der Waals surface area contributed by atoms with Gasteiger partial charge in [-0.25, -0.2) is 8.78 Å². The van der Waals surface area contributed by atoms with Crippen molar-refractivity contribution in [2.24, 2.45) is 0 Å². The largest absolute Gasteiger partial charge is 0.505 e. The second-order valence-electron chi connectivity index (χ2n) is 4.49. The minimum atomic E-state index is -0.908. The Morgan fingerprint density at radius 2 is 1.83 bits per heavy atom. The van der Waals surface area contributed by atoms with Gasteiger partial charge >= 0.3 is 0 Å². The van der Waals surface area contributed by atoms with Gasteiger partial charge in [-0.1, -0.05) is 32.6 Å². The van der Waals surface area contributed by atoms with Gasteiger partial charge in [-0.2, -0.15) is 0 Å². The summed E-state index contributed by atoms with van der Waals surface area (Å²) in [6.45, 7) is 3.25. The number of hydrogen-bond acceptors (Lipinski definition) is 2. The van der Waals surface area contributed by atoms with Gasteiger partial charge in [0.15, 0.2) is 11.6 Å². The SMILES string of the molecule is CCCCCCCNCc1cc(F)cc(F)c1O. The van der Waals surface area contributed by atoms with E-state index in [0.29, 0.717) is 6.07 Å². The van der Waals surface area contributed by atoms with Crippen LogP contribution in [0.15, 0.2) is 12.1 Å². The Morgan fingerprint density at radius 3 is 2.56 bits per heavy atom. The highest BCUT2D eigenvalue weighted by molar-refractivity contribution is 5.34. The van der Waals surface area contributed by atoms with Crippen molar-refractivity contribution in [1.29, 1.82) is 0 Å². The molecule has 0 fully saturated rings. The molecule has 0 bridgehead atoms. The van der Waals surface area contributed by atoms with Crippen LogP contribution in [-0.2, 0) is 6.54 Å². The molecule has 0 atom stereocenters. The van der Waals surface area contributed by atoms with Crippen molar-refractivity contribution in [3.8, 4) is 5.75 Å². The summed E-state index contributed by atoms with van der Waals surface area (Å²) in [5.41, 5.74) is 0.265. The summed E-state index contributed by atoms with van der Waals surface area (Å²) in [7, 11) is 0. The summed E-state index contributed by atoms with van der Waals surface area (Å²) in [5, 5.41) is 12.5. The van der Waals surface area contributed by atoms with Crippen LogP contribution in [-0.4, -0.2) is 11.7 Å². The number of nitrogens with one attached hydrogen (secondary N) is 1. The normalized spacial score (nSPS) is 10.8. The van der Waals surface area contributed by atoms with Crippen molar-refractivity contribution in [1.82, 2.24) is 5.32 Å². The van der Waals surface area contributed by atoms with Crippen molar-refractivity contribution in [3.63, 3.8) is 0 Å². The first-order chi connectivity index (χ1) is 8.65. The fourth-order valence-electron chi connectivity index (χ4n) is 1.83. The average molecular weight is 257 g/mol. The first-order valence-electron chi connectivity index (χ1n) is 6.52. The molecule has 4 heteroatoms. The van der Waals surface area contributed by atoms with Crippen LogP contribution in [0.3, 0.4) is 0 Å². The van der Waals surface area contributed by atoms with E-state index in [4.69, 9.17) is 0 Å². The van der Waals surface area contributed by atoms with Crippen LogP contribution < -0.4 is 5.32 Å². The molecule has 102 valence electrons. The van der Waals surface area contributed by atoms with Crippen LogP contribution in [0.5, 0.6) is 5.75 Å². The lowest BCUT2D eigenvalue weighted by Crippen LogP contribution is -2.15. The fraction of sp³-hybridized carbons (Fsp3) is 0.571. The van der Waals surface area contributed by atoms with Crippen LogP contribution in [0.2, 0.25) is 0 Å². The van der Waals surface area contributed by atoms with Crippen molar-refractivity contribution in [3.05, 3.63) is 29.3 Å². The topological polar surface area (TPSA) is 32.3 Å². The van der Waals surface area contributed by atoms with Crippen molar-refractivity contribution in [2.75, 3.05) is 6.54 Å². The van der Waals surface area contributed by atoms with Gasteiger partial charge in [-0.15, -0.1) is 0 Å². The molecule has 0 heterocycles. The third-order valence-electron chi connectivity index (χ3n) is 2.88. The first kappa shape index (κ1) is 14.9. The third kappa shape index (κ3) is 5.00. The van der Waals surface area contributed by atoms with E-state index in [2.05, 4.69) is 12.2 Å². The minimum Gasteiger partial charge on any atom is -0.505 e. The van der Waals surface area contributed by atoms with Gasteiger partial charge in [-0.05, 0) is 19.0 Å². The molecule has 0 aromatic heterocycles. The highest BCUT2D eigenvalue weighted by atomic mass is 19.1. The highest BCUT2D eigenvalue weighted by Gasteiger charge is 2.09. The smallest absolute Gasteiger partial charge is 0.168 e. The predicted molar refractivity (Wildman–Crippen MR) is 68.5 cm³/mol. The van der Waals surface area contributed by atoms with Gasteiger partial charge in [-0.3, -0.25) is 0 Å². The molecule has 0 aliphatic heterocycles. The summed E-state index contributed by atoms with van der Waals surface area (Å²) in [6, 6.07) is 1.84. The Bertz CT molecular complexity index is 369. The summed E-state index contributed by atoms with van der Waals surface area (Å²) in [4.78, 5) is 0. The number of halogens is 2. The molecule has 0 amide bonds. The molecule has 1 rings (SSSR count). The maximum atomic E-state index is 13.0. The van der Waals surface area contributed by atoms with E-state index < -0.39 is 17.4 Å². The summed E-state index contributed by atoms with van der Waals surface area (Å²) >= 11 is 0. The molecule has 0 aliphatic carbocycles. The third-order valence-corrected chi connectivity index (χ3v) is 2.88. The van der Waals surface area contributed by atoms with Crippen molar-refractivity contribution >= 4 is 0 Å². The molecule has 0 spiro atoms. The average Bonchev–Trinajstić information content (AvgIpc) is 2.33. The number of benzene rings is 1. The minimum absolute atomic E-state index is 0.265. The standard InChI is InChI=1S/C14H21F2NO/c1-2-3-4-5-6-7-17-10-11-8-12(15)9-13(16)14(11)18/h8-9,17-18H,2-7,10H2,1H3. The van der Waals surface area contributed by atoms with E-state index in [1.54, 1.807) is 0 Å². The number of rotatable bonds is 8. The van der Waals surface area contributed by atoms with E-state index in [-0.39, 0.29) is 12.1 Å². The zero-order valence-electron chi connectivity index (χ0n) is 10.8. The van der Waals surface area contributed by atoms with E-state index in [9.17, 15) is 13.9 Å². The fourth-order valence-corrected chi connectivity index (χ4v) is 1.83. The monoisotopic (exact) mass is 257 g/mol. The van der Waals surface area contributed by atoms with Crippen LogP contribution in [0, 0.1) is 11.6 Å². The van der Waals surface area contributed by atoms with Crippen molar-refractivity contribution in [2.45, 2.75) is 45.6 Å². The van der Waals surface area contributed by atoms with Gasteiger partial charge in [0.25, 0.3) is 0 Å². The summed E-state index contributed by atoms with van der Waals surface area (Å²) in [5.74, 6) is -2.03. The second-order valence-corrected chi connectivity index (χ2v) is 4.49. The number of hydrogen-bond donors (Lipinski definition) is 2. The van der Waals surface area contributed by atoms with Gasteiger partial charge < -0.3 is 10.4 Å². The zero-order valence-corrected chi connectivity index (χ0v) is 10.8. The van der Waals surface area contributed by atoms with Gasteiger partial charge in [0, 0.05) is 18.2 Å². The molecule has 0 aliphatic rings. The maximum absolute atomic E-state index is 13.0. The summed E-state index contributed by atoms with van der Waals surface area (Å²) in [6.07, 6.45) is 5.88. The number of unbranched alkanes of at least 4 members (excludes halogenated alkanes) is 4. The molecular formula is C14H21F2NO. The quantitative estimate of drug-likeness (QED) is 0.695. The van der Waals surface area contributed by atoms with Gasteiger partial charge in [0.2, 0.25) is 0 Å². The number of phenols is 1. The van der Waals surface area contributed by atoms with E-state index in [0.717, 1.165) is 25.5 Å². The van der Waals surface area contributed by atoms with Crippen LogP contribution in [0.1, 0.15) is 44.6 Å². The molecule has 2 nitrogen and oxygen atoms in total. The van der Waals surface area contributed by atoms with Gasteiger partial charge in [0.05, 0.1) is 0 Å². The lowest BCUT2D eigenvalue weighted by atomic mass is 10.1. The Morgan fingerprint density at radius 1 is 1.11 bits per heavy atom. The Balaban J connectivity index is 2.27. The van der Waals surface area contributed by atoms with Crippen LogP contribution >= 0.6 is 0 Å². The molecular weight excluding hydrogens is 236 g/mol. The Labute approximate surface area is 107 Å². The maximum Gasteiger partial charge on any atom is 0.168 e. The molecule has 2 N–H and O–H groups in total. The van der Waals surface area contributed by atoms with Crippen LogP contribution in [0.4, 0.5) is 8.78 Å². The molecule has 18 heavy (non-hydrogen) atoms. The predicted octanol–water partition coefficient (Wildman–Crippen LogP) is 3.73. The molecule has 1 aromatic carbocycles. The lowest BCUT2D eigenvalue weighted by molar-refractivity contribution is 0.418. The molecule has 0 saturated heterocycles.